The maximum absolute atomic E-state index is 13.5. The summed E-state index contributed by atoms with van der Waals surface area (Å²) in [5.41, 5.74) is -1.08. The van der Waals surface area contributed by atoms with E-state index in [-0.39, 0.29) is 43.5 Å². The minimum absolute atomic E-state index is 0.0205. The zero-order valence-corrected chi connectivity index (χ0v) is 14.7. The van der Waals surface area contributed by atoms with E-state index in [2.05, 4.69) is 5.16 Å². The molecule has 0 radical (unpaired) electrons. The summed E-state index contributed by atoms with van der Waals surface area (Å²) in [5, 5.41) is 13.2. The molecule has 0 spiro atoms. The van der Waals surface area contributed by atoms with Crippen LogP contribution in [0, 0.1) is 11.2 Å². The first-order valence-electron chi connectivity index (χ1n) is 8.30. The Kier molecular flexibility index (Phi) is 5.41. The lowest BCUT2D eigenvalue weighted by molar-refractivity contribution is -0.151. The quantitative estimate of drug-likeness (QED) is 0.786. The van der Waals surface area contributed by atoms with Gasteiger partial charge in [0.1, 0.15) is 12.0 Å². The highest BCUT2D eigenvalue weighted by molar-refractivity contribution is 5.93. The normalized spacial score (nSPS) is 19.3. The number of methoxy groups -OCH3 is 1. The van der Waals surface area contributed by atoms with Crippen LogP contribution < -0.4 is 4.74 Å². The van der Waals surface area contributed by atoms with Crippen molar-refractivity contribution in [3.63, 3.8) is 0 Å². The Morgan fingerprint density at radius 1 is 1.41 bits per heavy atom. The number of carbonyl (C=O) groups excluding carboxylic acids is 1. The van der Waals surface area contributed by atoms with E-state index in [0.29, 0.717) is 6.42 Å². The number of rotatable bonds is 7. The zero-order valence-electron chi connectivity index (χ0n) is 14.7. The largest absolute Gasteiger partial charge is 0.482 e. The summed E-state index contributed by atoms with van der Waals surface area (Å²) in [6.07, 6.45) is 0.295. The van der Waals surface area contributed by atoms with Crippen molar-refractivity contribution >= 4 is 11.9 Å². The number of benzene rings is 1. The molecule has 1 unspecified atom stereocenters. The van der Waals surface area contributed by atoms with Gasteiger partial charge >= 0.3 is 5.97 Å². The fourth-order valence-electron chi connectivity index (χ4n) is 3.03. The van der Waals surface area contributed by atoms with Gasteiger partial charge in [0.25, 0.3) is 5.91 Å². The fourth-order valence-corrected chi connectivity index (χ4v) is 3.03. The average Bonchev–Trinajstić information content (AvgIpc) is 3.29. The van der Waals surface area contributed by atoms with Crippen LogP contribution >= 0.6 is 0 Å². The van der Waals surface area contributed by atoms with E-state index in [1.165, 1.54) is 30.2 Å². The van der Waals surface area contributed by atoms with Gasteiger partial charge in [0.2, 0.25) is 0 Å². The third-order valence-corrected chi connectivity index (χ3v) is 4.50. The van der Waals surface area contributed by atoms with Crippen LogP contribution in [0.25, 0.3) is 0 Å². The van der Waals surface area contributed by atoms with Gasteiger partial charge in [-0.2, -0.15) is 0 Å². The molecule has 3 rings (SSSR count). The second-order valence-electron chi connectivity index (χ2n) is 6.39. The molecule has 0 saturated carbocycles. The first kappa shape index (κ1) is 18.8. The molecule has 27 heavy (non-hydrogen) atoms. The summed E-state index contributed by atoms with van der Waals surface area (Å²) >= 11 is 0. The molecule has 9 heteroatoms. The van der Waals surface area contributed by atoms with Gasteiger partial charge in [0, 0.05) is 26.3 Å². The number of carbonyl (C=O) groups is 2. The third-order valence-electron chi connectivity index (χ3n) is 4.50. The summed E-state index contributed by atoms with van der Waals surface area (Å²) in [6, 6.07) is 7.33. The molecule has 1 aliphatic rings. The van der Waals surface area contributed by atoms with Gasteiger partial charge in [0.15, 0.2) is 23.0 Å². The van der Waals surface area contributed by atoms with Gasteiger partial charge in [-0.1, -0.05) is 17.3 Å². The molecule has 1 aromatic carbocycles. The summed E-state index contributed by atoms with van der Waals surface area (Å²) in [7, 11) is 1.43. The Morgan fingerprint density at radius 3 is 2.89 bits per heavy atom. The number of carboxylic acids is 1. The molecule has 1 aromatic heterocycles. The van der Waals surface area contributed by atoms with E-state index < -0.39 is 23.1 Å². The van der Waals surface area contributed by atoms with Gasteiger partial charge in [-0.15, -0.1) is 0 Å². The molecule has 1 aliphatic heterocycles. The number of carboxylic acid groups (broad SMARTS) is 1. The van der Waals surface area contributed by atoms with E-state index >= 15 is 0 Å². The number of aromatic nitrogens is 1. The third kappa shape index (κ3) is 3.92. The predicted molar refractivity (Wildman–Crippen MR) is 89.7 cm³/mol. The number of halogens is 1. The van der Waals surface area contributed by atoms with Crippen LogP contribution in [-0.4, -0.2) is 53.8 Å². The number of amides is 1. The lowest BCUT2D eigenvalue weighted by Crippen LogP contribution is -2.40. The van der Waals surface area contributed by atoms with E-state index in [1.807, 2.05) is 0 Å². The lowest BCUT2D eigenvalue weighted by Gasteiger charge is -2.23. The van der Waals surface area contributed by atoms with Gasteiger partial charge in [0.05, 0.1) is 6.61 Å². The Balaban J connectivity index is 1.63. The van der Waals surface area contributed by atoms with E-state index in [0.717, 1.165) is 0 Å². The highest BCUT2D eigenvalue weighted by Gasteiger charge is 2.46. The molecule has 1 saturated heterocycles. The Labute approximate surface area is 154 Å². The van der Waals surface area contributed by atoms with Gasteiger partial charge in [-0.05, 0) is 18.6 Å². The minimum atomic E-state index is -1.12. The van der Waals surface area contributed by atoms with Crippen molar-refractivity contribution in [3.05, 3.63) is 47.6 Å². The number of hydrogen-bond donors (Lipinski definition) is 1. The molecule has 144 valence electrons. The summed E-state index contributed by atoms with van der Waals surface area (Å²) in [6.45, 7) is 0.238. The average molecular weight is 378 g/mol. The van der Waals surface area contributed by atoms with Crippen molar-refractivity contribution < 1.29 is 33.1 Å². The fraction of sp³-hybridized carbons (Fsp3) is 0.389. The van der Waals surface area contributed by atoms with Crippen LogP contribution in [0.4, 0.5) is 4.39 Å². The van der Waals surface area contributed by atoms with Crippen LogP contribution in [-0.2, 0) is 16.1 Å². The Hall–Kier alpha value is -2.94. The number of para-hydroxylation sites is 1. The lowest BCUT2D eigenvalue weighted by atomic mass is 9.88. The van der Waals surface area contributed by atoms with E-state index in [9.17, 15) is 19.1 Å². The molecule has 1 N–H and O–H groups in total. The van der Waals surface area contributed by atoms with Crippen molar-refractivity contribution in [2.45, 2.75) is 13.0 Å². The number of hydrogen-bond acceptors (Lipinski definition) is 6. The number of likely N-dealkylation sites (tertiary alicyclic amines) is 1. The standard InChI is InChI=1S/C18H19FN2O6/c1-25-11-18(17(23)24)6-7-21(10-18)16(22)14-8-12(27-20-14)9-26-15-5-3-2-4-13(15)19/h2-5,8H,6-7,9-11H2,1H3,(H,23,24). The summed E-state index contributed by atoms with van der Waals surface area (Å²) in [5.74, 6) is -1.63. The van der Waals surface area contributed by atoms with E-state index in [4.69, 9.17) is 14.0 Å². The van der Waals surface area contributed by atoms with Crippen molar-refractivity contribution in [1.29, 1.82) is 0 Å². The van der Waals surface area contributed by atoms with Crippen LogP contribution in [0.5, 0.6) is 5.75 Å². The maximum atomic E-state index is 13.5. The summed E-state index contributed by atoms with van der Waals surface area (Å²) < 4.78 is 28.9. The Bertz CT molecular complexity index is 839. The second kappa shape index (κ2) is 7.75. The predicted octanol–water partition coefficient (Wildman–Crippen LogP) is 1.96. The molecule has 8 nitrogen and oxygen atoms in total. The SMILES string of the molecule is COCC1(C(=O)O)CCN(C(=O)c2cc(COc3ccccc3F)on2)C1. The van der Waals surface area contributed by atoms with Crippen LogP contribution in [0.15, 0.2) is 34.9 Å². The molecule has 2 aromatic rings. The van der Waals surface area contributed by atoms with Gasteiger partial charge in [-0.25, -0.2) is 4.39 Å². The first-order valence-corrected chi connectivity index (χ1v) is 8.30. The van der Waals surface area contributed by atoms with Crippen LogP contribution in [0.1, 0.15) is 22.7 Å². The molecule has 2 heterocycles. The maximum Gasteiger partial charge on any atom is 0.313 e. The van der Waals surface area contributed by atoms with Gasteiger partial charge in [-0.3, -0.25) is 9.59 Å². The molecule has 1 amide bonds. The summed E-state index contributed by atoms with van der Waals surface area (Å²) in [4.78, 5) is 25.6. The Morgan fingerprint density at radius 2 is 2.19 bits per heavy atom. The monoisotopic (exact) mass is 378 g/mol. The number of ether oxygens (including phenoxy) is 2. The minimum Gasteiger partial charge on any atom is -0.482 e. The molecule has 1 atom stereocenters. The number of nitrogens with zero attached hydrogens (tertiary/aromatic N) is 2. The highest BCUT2D eigenvalue weighted by atomic mass is 19.1. The van der Waals surface area contributed by atoms with Crippen molar-refractivity contribution in [2.75, 3.05) is 26.8 Å². The van der Waals surface area contributed by atoms with Gasteiger partial charge < -0.3 is 24.0 Å². The van der Waals surface area contributed by atoms with Crippen LogP contribution in [0.3, 0.4) is 0 Å². The zero-order chi connectivity index (χ0) is 19.4. The van der Waals surface area contributed by atoms with Crippen LogP contribution in [0.2, 0.25) is 0 Å². The topological polar surface area (TPSA) is 102 Å². The molecule has 0 bridgehead atoms. The molecular weight excluding hydrogens is 359 g/mol. The van der Waals surface area contributed by atoms with E-state index in [1.54, 1.807) is 12.1 Å². The molecular formula is C18H19FN2O6. The first-order chi connectivity index (χ1) is 12.9. The highest BCUT2D eigenvalue weighted by Crippen LogP contribution is 2.32. The van der Waals surface area contributed by atoms with Crippen molar-refractivity contribution in [3.8, 4) is 5.75 Å². The van der Waals surface area contributed by atoms with Crippen molar-refractivity contribution in [1.82, 2.24) is 10.1 Å². The second-order valence-corrected chi connectivity index (χ2v) is 6.39. The van der Waals surface area contributed by atoms with Crippen molar-refractivity contribution in [2.24, 2.45) is 5.41 Å². The number of aliphatic carboxylic acids is 1. The molecule has 1 fully saturated rings. The molecule has 0 aliphatic carbocycles. The smallest absolute Gasteiger partial charge is 0.313 e.